The molecule has 92 valence electrons. The molecule has 1 unspecified atom stereocenters. The summed E-state index contributed by atoms with van der Waals surface area (Å²) in [6.07, 6.45) is 7.76. The van der Waals surface area contributed by atoms with E-state index in [-0.39, 0.29) is 0 Å². The maximum Gasteiger partial charge on any atom is 0.0656 e. The van der Waals surface area contributed by atoms with Gasteiger partial charge in [0.15, 0.2) is 0 Å². The van der Waals surface area contributed by atoms with Crippen molar-refractivity contribution in [1.82, 2.24) is 5.43 Å². The average molecular weight is 352 g/mol. The van der Waals surface area contributed by atoms with Gasteiger partial charge in [0.1, 0.15) is 0 Å². The summed E-state index contributed by atoms with van der Waals surface area (Å²) in [5.41, 5.74) is 4.27. The maximum absolute atomic E-state index is 5.61. The predicted molar refractivity (Wildman–Crippen MR) is 80.5 cm³/mol. The van der Waals surface area contributed by atoms with E-state index in [0.29, 0.717) is 6.04 Å². The number of rotatable bonds is 8. The molecule has 0 fully saturated rings. The molecular formula is C12H21IN2S. The highest BCUT2D eigenvalue weighted by Gasteiger charge is 2.10. The lowest BCUT2D eigenvalue weighted by atomic mass is 10.0. The van der Waals surface area contributed by atoms with Gasteiger partial charge in [-0.25, -0.2) is 0 Å². The van der Waals surface area contributed by atoms with Gasteiger partial charge in [-0.05, 0) is 46.0 Å². The first-order valence-electron chi connectivity index (χ1n) is 5.98. The van der Waals surface area contributed by atoms with Gasteiger partial charge in [0, 0.05) is 6.04 Å². The quantitative estimate of drug-likeness (QED) is 0.318. The number of nitrogens with two attached hydrogens (primary N) is 1. The summed E-state index contributed by atoms with van der Waals surface area (Å²) in [6.45, 7) is 2.25. The molecule has 1 heterocycles. The van der Waals surface area contributed by atoms with Crippen molar-refractivity contribution in [3.8, 4) is 0 Å². The molecule has 1 aromatic rings. The summed E-state index contributed by atoms with van der Waals surface area (Å²) in [5, 5.41) is 2.21. The van der Waals surface area contributed by atoms with E-state index in [1.54, 1.807) is 11.3 Å². The van der Waals surface area contributed by atoms with Gasteiger partial charge in [-0.2, -0.15) is 0 Å². The van der Waals surface area contributed by atoms with E-state index in [1.807, 2.05) is 0 Å². The number of unbranched alkanes of at least 4 members (excludes halogenated alkanes) is 4. The molecule has 0 bridgehead atoms. The molecular weight excluding hydrogens is 331 g/mol. The Morgan fingerprint density at radius 3 is 2.69 bits per heavy atom. The fourth-order valence-electron chi connectivity index (χ4n) is 1.80. The van der Waals surface area contributed by atoms with Crippen LogP contribution in [0.4, 0.5) is 0 Å². The molecule has 0 saturated carbocycles. The van der Waals surface area contributed by atoms with E-state index in [1.165, 1.54) is 40.6 Å². The highest BCUT2D eigenvalue weighted by Crippen LogP contribution is 2.25. The number of hydrazine groups is 1. The second kappa shape index (κ2) is 8.44. The molecule has 0 radical (unpaired) electrons. The van der Waals surface area contributed by atoms with Crippen LogP contribution in [0.15, 0.2) is 11.4 Å². The predicted octanol–water partition coefficient (Wildman–Crippen LogP) is 4.22. The Hall–Kier alpha value is 0.350. The largest absolute Gasteiger partial charge is 0.271 e. The van der Waals surface area contributed by atoms with E-state index in [4.69, 9.17) is 5.84 Å². The van der Waals surface area contributed by atoms with Crippen molar-refractivity contribution in [3.05, 3.63) is 19.9 Å². The monoisotopic (exact) mass is 352 g/mol. The molecule has 0 amide bonds. The zero-order valence-corrected chi connectivity index (χ0v) is 12.8. The fraction of sp³-hybridized carbons (Fsp3) is 0.667. The van der Waals surface area contributed by atoms with Crippen LogP contribution in [0.5, 0.6) is 0 Å². The third-order valence-corrected chi connectivity index (χ3v) is 4.59. The normalized spacial score (nSPS) is 12.9. The molecule has 0 aliphatic carbocycles. The Kier molecular flexibility index (Phi) is 7.60. The SMILES string of the molecule is CCCCCCCC(NN)c1csc(I)c1. The molecule has 0 saturated heterocycles. The van der Waals surface area contributed by atoms with Gasteiger partial charge >= 0.3 is 0 Å². The van der Waals surface area contributed by atoms with Crippen LogP contribution in [-0.4, -0.2) is 0 Å². The lowest BCUT2D eigenvalue weighted by molar-refractivity contribution is 0.480. The average Bonchev–Trinajstić information content (AvgIpc) is 2.70. The van der Waals surface area contributed by atoms with Gasteiger partial charge < -0.3 is 0 Å². The second-order valence-electron chi connectivity index (χ2n) is 4.11. The van der Waals surface area contributed by atoms with Crippen LogP contribution in [0, 0.1) is 2.88 Å². The van der Waals surface area contributed by atoms with Gasteiger partial charge in [0.25, 0.3) is 0 Å². The van der Waals surface area contributed by atoms with Gasteiger partial charge in [-0.15, -0.1) is 11.3 Å². The first-order valence-corrected chi connectivity index (χ1v) is 7.93. The summed E-state index contributed by atoms with van der Waals surface area (Å²) in [7, 11) is 0. The van der Waals surface area contributed by atoms with Crippen molar-refractivity contribution in [3.63, 3.8) is 0 Å². The zero-order chi connectivity index (χ0) is 11.8. The van der Waals surface area contributed by atoms with Crippen LogP contribution < -0.4 is 11.3 Å². The first kappa shape index (κ1) is 14.4. The van der Waals surface area contributed by atoms with Crippen molar-refractivity contribution in [2.45, 2.75) is 51.5 Å². The lowest BCUT2D eigenvalue weighted by Gasteiger charge is -2.14. The summed E-state index contributed by atoms with van der Waals surface area (Å²) in [6, 6.07) is 2.56. The Balaban J connectivity index is 2.27. The molecule has 3 N–H and O–H groups in total. The molecule has 0 aromatic carbocycles. The number of halogens is 1. The van der Waals surface area contributed by atoms with Crippen LogP contribution in [0.25, 0.3) is 0 Å². The number of hydrogen-bond acceptors (Lipinski definition) is 3. The van der Waals surface area contributed by atoms with Crippen molar-refractivity contribution < 1.29 is 0 Å². The number of nitrogens with one attached hydrogen (secondary N) is 1. The van der Waals surface area contributed by atoms with Crippen LogP contribution in [0.3, 0.4) is 0 Å². The Labute approximate surface area is 116 Å². The minimum Gasteiger partial charge on any atom is -0.271 e. The van der Waals surface area contributed by atoms with Gasteiger partial charge in [0.2, 0.25) is 0 Å². The second-order valence-corrected chi connectivity index (χ2v) is 6.91. The molecule has 16 heavy (non-hydrogen) atoms. The molecule has 0 aliphatic heterocycles. The summed E-state index contributed by atoms with van der Waals surface area (Å²) in [5.74, 6) is 5.61. The van der Waals surface area contributed by atoms with Gasteiger partial charge in [0.05, 0.1) is 2.88 Å². The highest BCUT2D eigenvalue weighted by molar-refractivity contribution is 14.1. The molecule has 1 atom stereocenters. The molecule has 1 rings (SSSR count). The highest BCUT2D eigenvalue weighted by atomic mass is 127. The van der Waals surface area contributed by atoms with Gasteiger partial charge in [-0.3, -0.25) is 11.3 Å². The molecule has 0 aliphatic rings. The summed E-state index contributed by atoms with van der Waals surface area (Å²) >= 11 is 4.14. The lowest BCUT2D eigenvalue weighted by Crippen LogP contribution is -2.27. The van der Waals surface area contributed by atoms with Crippen molar-refractivity contribution in [2.24, 2.45) is 5.84 Å². The van der Waals surface area contributed by atoms with Crippen molar-refractivity contribution in [1.29, 1.82) is 0 Å². The Morgan fingerprint density at radius 2 is 2.12 bits per heavy atom. The molecule has 4 heteroatoms. The Bertz CT molecular complexity index is 288. The third kappa shape index (κ3) is 5.12. The minimum absolute atomic E-state index is 0.335. The van der Waals surface area contributed by atoms with Crippen LogP contribution in [0.2, 0.25) is 0 Å². The van der Waals surface area contributed by atoms with E-state index >= 15 is 0 Å². The van der Waals surface area contributed by atoms with Crippen LogP contribution in [-0.2, 0) is 0 Å². The molecule has 1 aromatic heterocycles. The topological polar surface area (TPSA) is 38.0 Å². The summed E-state index contributed by atoms with van der Waals surface area (Å²) < 4.78 is 1.33. The molecule has 0 spiro atoms. The minimum atomic E-state index is 0.335. The van der Waals surface area contributed by atoms with E-state index < -0.39 is 0 Å². The zero-order valence-electron chi connectivity index (χ0n) is 9.84. The van der Waals surface area contributed by atoms with E-state index in [0.717, 1.165) is 6.42 Å². The smallest absolute Gasteiger partial charge is 0.0656 e. The van der Waals surface area contributed by atoms with Crippen LogP contribution in [0.1, 0.15) is 57.1 Å². The number of hydrogen-bond donors (Lipinski definition) is 2. The Morgan fingerprint density at radius 1 is 1.38 bits per heavy atom. The maximum atomic E-state index is 5.61. The molecule has 2 nitrogen and oxygen atoms in total. The van der Waals surface area contributed by atoms with E-state index in [9.17, 15) is 0 Å². The van der Waals surface area contributed by atoms with Crippen molar-refractivity contribution in [2.75, 3.05) is 0 Å². The van der Waals surface area contributed by atoms with Crippen molar-refractivity contribution >= 4 is 33.9 Å². The first-order chi connectivity index (χ1) is 7.77. The fourth-order valence-corrected chi connectivity index (χ4v) is 3.23. The number of thiophene rings is 1. The standard InChI is InChI=1S/C12H21IN2S/c1-2-3-4-5-6-7-11(15-14)10-8-12(13)16-9-10/h8-9,11,15H,2-7,14H2,1H3. The summed E-state index contributed by atoms with van der Waals surface area (Å²) in [4.78, 5) is 0. The third-order valence-electron chi connectivity index (χ3n) is 2.79. The van der Waals surface area contributed by atoms with E-state index in [2.05, 4.69) is 46.4 Å². The van der Waals surface area contributed by atoms with Gasteiger partial charge in [-0.1, -0.05) is 39.0 Å². The van der Waals surface area contributed by atoms with Crippen LogP contribution >= 0.6 is 33.9 Å².